The predicted molar refractivity (Wildman–Crippen MR) is 78.6 cm³/mol. The lowest BCUT2D eigenvalue weighted by atomic mass is 9.81. The Labute approximate surface area is 126 Å². The Morgan fingerprint density at radius 2 is 1.77 bits per heavy atom. The van der Waals surface area contributed by atoms with Crippen LogP contribution in [0.25, 0.3) is 10.9 Å². The zero-order valence-corrected chi connectivity index (χ0v) is 12.0. The van der Waals surface area contributed by atoms with Gasteiger partial charge in [0.05, 0.1) is 46.3 Å². The maximum Gasteiger partial charge on any atom is 0.138 e. The van der Waals surface area contributed by atoms with Crippen molar-refractivity contribution in [2.24, 2.45) is 0 Å². The number of H-pyrrole nitrogens is 1. The number of rotatable bonds is 1. The third-order valence-electron chi connectivity index (χ3n) is 3.90. The molecule has 6 heteroatoms. The lowest BCUT2D eigenvalue weighted by Crippen LogP contribution is -2.24. The van der Waals surface area contributed by atoms with Crippen LogP contribution in [0.15, 0.2) is 40.9 Å². The Balaban J connectivity index is 2.30. The van der Waals surface area contributed by atoms with Crippen LogP contribution < -0.4 is 5.32 Å². The zero-order valence-electron chi connectivity index (χ0n) is 12.0. The first-order valence-electron chi connectivity index (χ1n) is 6.68. The molecule has 2 aromatic rings. The molecule has 1 aliphatic rings. The van der Waals surface area contributed by atoms with Crippen molar-refractivity contribution in [3.05, 3.63) is 52.3 Å². The third-order valence-corrected chi connectivity index (χ3v) is 3.90. The Morgan fingerprint density at radius 3 is 2.36 bits per heavy atom. The van der Waals surface area contributed by atoms with E-state index in [4.69, 9.17) is 0 Å². The second kappa shape index (κ2) is 5.01. The quantitative estimate of drug-likeness (QED) is 0.846. The number of dihydropyridines is 1. The molecule has 0 aliphatic carbocycles. The molecule has 0 radical (unpaired) electrons. The van der Waals surface area contributed by atoms with Crippen molar-refractivity contribution in [1.29, 1.82) is 10.5 Å². The molecule has 0 saturated heterocycles. The predicted octanol–water partition coefficient (Wildman–Crippen LogP) is 2.98. The summed E-state index contributed by atoms with van der Waals surface area (Å²) < 4.78 is 14.8. The van der Waals surface area contributed by atoms with Crippen molar-refractivity contribution in [3.63, 3.8) is 0 Å². The first-order valence-corrected chi connectivity index (χ1v) is 6.68. The van der Waals surface area contributed by atoms with Gasteiger partial charge in [-0.3, -0.25) is 5.10 Å². The standard InChI is InChI=1S/C16H12FN5/c1-8-11(5-18)15(12(6-19)9(2)21-8)10-3-4-14-13(16(10)17)7-20-22-14/h3-4,7,15,21H,1-2H3,(H,20,22). The molecule has 5 nitrogen and oxygen atoms in total. The first kappa shape index (κ1) is 13.8. The van der Waals surface area contributed by atoms with E-state index in [2.05, 4.69) is 27.7 Å². The molecule has 1 aromatic carbocycles. The van der Waals surface area contributed by atoms with Crippen LogP contribution in [0.2, 0.25) is 0 Å². The molecule has 0 fully saturated rings. The van der Waals surface area contributed by atoms with Gasteiger partial charge in [0.2, 0.25) is 0 Å². The normalized spacial score (nSPS) is 15.7. The van der Waals surface area contributed by atoms with Crippen molar-refractivity contribution in [2.45, 2.75) is 19.8 Å². The maximum atomic E-state index is 14.8. The zero-order chi connectivity index (χ0) is 15.9. The fourth-order valence-corrected chi connectivity index (χ4v) is 2.82. The molecule has 1 aliphatic heterocycles. The van der Waals surface area contributed by atoms with Gasteiger partial charge in [0.1, 0.15) is 5.82 Å². The molecule has 108 valence electrons. The number of fused-ring (bicyclic) bond motifs is 1. The fraction of sp³-hybridized carbons (Fsp3) is 0.188. The number of nitriles is 2. The van der Waals surface area contributed by atoms with Crippen LogP contribution in [0.1, 0.15) is 25.3 Å². The molecule has 0 amide bonds. The molecule has 2 heterocycles. The number of nitrogens with one attached hydrogen (secondary N) is 2. The summed E-state index contributed by atoms with van der Waals surface area (Å²) in [5.41, 5.74) is 2.86. The SMILES string of the molecule is CC1=C(C#N)C(c2ccc3[nH]ncc3c2F)C(C#N)=C(C)N1. The maximum absolute atomic E-state index is 14.8. The van der Waals surface area contributed by atoms with E-state index in [0.29, 0.717) is 39.0 Å². The van der Waals surface area contributed by atoms with E-state index in [1.165, 1.54) is 6.20 Å². The largest absolute Gasteiger partial charge is 0.361 e. The summed E-state index contributed by atoms with van der Waals surface area (Å²) in [5.74, 6) is -1.16. The first-order chi connectivity index (χ1) is 10.6. The van der Waals surface area contributed by atoms with Crippen molar-refractivity contribution in [2.75, 3.05) is 0 Å². The highest BCUT2D eigenvalue weighted by Crippen LogP contribution is 2.39. The minimum Gasteiger partial charge on any atom is -0.361 e. The van der Waals surface area contributed by atoms with Gasteiger partial charge in [0, 0.05) is 17.0 Å². The van der Waals surface area contributed by atoms with Gasteiger partial charge in [-0.15, -0.1) is 0 Å². The van der Waals surface area contributed by atoms with E-state index >= 15 is 0 Å². The van der Waals surface area contributed by atoms with E-state index < -0.39 is 11.7 Å². The molecule has 0 spiro atoms. The second-order valence-electron chi connectivity index (χ2n) is 5.16. The smallest absolute Gasteiger partial charge is 0.138 e. The summed E-state index contributed by atoms with van der Waals surface area (Å²) >= 11 is 0. The molecular weight excluding hydrogens is 281 g/mol. The lowest BCUT2D eigenvalue weighted by Gasteiger charge is -2.26. The Bertz CT molecular complexity index is 884. The second-order valence-corrected chi connectivity index (χ2v) is 5.16. The number of allylic oxidation sites excluding steroid dienone is 4. The van der Waals surface area contributed by atoms with E-state index in [0.717, 1.165) is 0 Å². The minimum atomic E-state index is -0.699. The highest BCUT2D eigenvalue weighted by molar-refractivity contribution is 5.80. The fourth-order valence-electron chi connectivity index (χ4n) is 2.82. The summed E-state index contributed by atoms with van der Waals surface area (Å²) in [5, 5.41) is 28.8. The van der Waals surface area contributed by atoms with Crippen LogP contribution >= 0.6 is 0 Å². The summed E-state index contributed by atoms with van der Waals surface area (Å²) in [7, 11) is 0. The summed E-state index contributed by atoms with van der Waals surface area (Å²) in [4.78, 5) is 0. The molecule has 0 unspecified atom stereocenters. The van der Waals surface area contributed by atoms with E-state index in [1.807, 2.05) is 0 Å². The Kier molecular flexibility index (Phi) is 3.15. The number of hydrogen-bond acceptors (Lipinski definition) is 4. The van der Waals surface area contributed by atoms with Crippen LogP contribution in [-0.2, 0) is 0 Å². The topological polar surface area (TPSA) is 88.3 Å². The van der Waals surface area contributed by atoms with Crippen molar-refractivity contribution in [3.8, 4) is 12.1 Å². The molecule has 22 heavy (non-hydrogen) atoms. The molecule has 0 saturated carbocycles. The van der Waals surface area contributed by atoms with Crippen molar-refractivity contribution in [1.82, 2.24) is 15.5 Å². The summed E-state index contributed by atoms with van der Waals surface area (Å²) in [6.07, 6.45) is 1.40. The molecular formula is C16H12FN5. The molecule has 2 N–H and O–H groups in total. The number of nitrogens with zero attached hydrogens (tertiary/aromatic N) is 3. The van der Waals surface area contributed by atoms with Gasteiger partial charge >= 0.3 is 0 Å². The van der Waals surface area contributed by atoms with Crippen LogP contribution in [-0.4, -0.2) is 10.2 Å². The van der Waals surface area contributed by atoms with E-state index in [9.17, 15) is 14.9 Å². The van der Waals surface area contributed by atoms with Crippen LogP contribution in [0, 0.1) is 28.5 Å². The summed E-state index contributed by atoms with van der Waals surface area (Å²) in [6, 6.07) is 7.50. The number of aromatic amines is 1. The van der Waals surface area contributed by atoms with Crippen molar-refractivity contribution >= 4 is 10.9 Å². The van der Waals surface area contributed by atoms with Gasteiger partial charge in [-0.1, -0.05) is 6.07 Å². The highest BCUT2D eigenvalue weighted by atomic mass is 19.1. The molecule has 0 bridgehead atoms. The van der Waals surface area contributed by atoms with Crippen LogP contribution in [0.4, 0.5) is 4.39 Å². The van der Waals surface area contributed by atoms with E-state index in [1.54, 1.807) is 26.0 Å². The van der Waals surface area contributed by atoms with Crippen molar-refractivity contribution < 1.29 is 4.39 Å². The molecule has 1 aromatic heterocycles. The summed E-state index contributed by atoms with van der Waals surface area (Å²) in [6.45, 7) is 3.50. The number of benzene rings is 1. The van der Waals surface area contributed by atoms with Gasteiger partial charge in [0.15, 0.2) is 0 Å². The number of halogens is 1. The number of aromatic nitrogens is 2. The van der Waals surface area contributed by atoms with Gasteiger partial charge in [-0.05, 0) is 19.9 Å². The van der Waals surface area contributed by atoms with Gasteiger partial charge < -0.3 is 5.32 Å². The van der Waals surface area contributed by atoms with Crippen LogP contribution in [0.5, 0.6) is 0 Å². The number of hydrogen-bond donors (Lipinski definition) is 2. The average Bonchev–Trinajstić information content (AvgIpc) is 2.96. The lowest BCUT2D eigenvalue weighted by molar-refractivity contribution is 0.615. The minimum absolute atomic E-state index is 0.308. The average molecular weight is 293 g/mol. The van der Waals surface area contributed by atoms with Gasteiger partial charge in [-0.25, -0.2) is 4.39 Å². The van der Waals surface area contributed by atoms with E-state index in [-0.39, 0.29) is 0 Å². The molecule has 0 atom stereocenters. The van der Waals surface area contributed by atoms with Gasteiger partial charge in [0.25, 0.3) is 0 Å². The third kappa shape index (κ3) is 1.86. The van der Waals surface area contributed by atoms with Gasteiger partial charge in [-0.2, -0.15) is 15.6 Å². The highest BCUT2D eigenvalue weighted by Gasteiger charge is 2.31. The Morgan fingerprint density at radius 1 is 1.14 bits per heavy atom. The monoisotopic (exact) mass is 293 g/mol. The van der Waals surface area contributed by atoms with Crippen LogP contribution in [0.3, 0.4) is 0 Å². The Hall–Kier alpha value is -3.12. The molecule has 3 rings (SSSR count).